The summed E-state index contributed by atoms with van der Waals surface area (Å²) in [6.07, 6.45) is 2.73. The third kappa shape index (κ3) is 4.14. The first-order chi connectivity index (χ1) is 13.0. The lowest BCUT2D eigenvalue weighted by Crippen LogP contribution is -2.27. The molecule has 0 bridgehead atoms. The van der Waals surface area contributed by atoms with E-state index in [4.69, 9.17) is 4.74 Å². The number of aryl methyl sites for hydroxylation is 1. The molecule has 138 valence electrons. The lowest BCUT2D eigenvalue weighted by Gasteiger charge is -2.16. The van der Waals surface area contributed by atoms with E-state index in [0.29, 0.717) is 16.7 Å². The van der Waals surface area contributed by atoms with Gasteiger partial charge in [-0.05, 0) is 54.8 Å². The van der Waals surface area contributed by atoms with Crippen LogP contribution in [0.2, 0.25) is 0 Å². The van der Waals surface area contributed by atoms with E-state index >= 15 is 0 Å². The summed E-state index contributed by atoms with van der Waals surface area (Å²) in [6, 6.07) is 14.3. The molecule has 5 heteroatoms. The van der Waals surface area contributed by atoms with E-state index in [1.54, 1.807) is 31.5 Å². The molecule has 0 unspecified atom stereocenters. The van der Waals surface area contributed by atoms with Gasteiger partial charge in [0, 0.05) is 17.3 Å². The van der Waals surface area contributed by atoms with E-state index in [9.17, 15) is 9.18 Å². The van der Waals surface area contributed by atoms with E-state index in [0.717, 1.165) is 16.9 Å². The first-order valence-corrected chi connectivity index (χ1v) is 8.65. The maximum absolute atomic E-state index is 13.9. The monoisotopic (exact) mass is 364 g/mol. The highest BCUT2D eigenvalue weighted by Crippen LogP contribution is 2.25. The van der Waals surface area contributed by atoms with Crippen LogP contribution < -0.4 is 10.1 Å². The van der Waals surface area contributed by atoms with Gasteiger partial charge in [-0.15, -0.1) is 0 Å². The van der Waals surface area contributed by atoms with Crippen molar-refractivity contribution >= 4 is 5.91 Å². The summed E-state index contributed by atoms with van der Waals surface area (Å²) in [6.45, 7) is 3.76. The molecule has 1 amide bonds. The van der Waals surface area contributed by atoms with Crippen molar-refractivity contribution in [1.82, 2.24) is 10.3 Å². The number of halogens is 1. The zero-order valence-corrected chi connectivity index (χ0v) is 15.5. The first kappa shape index (κ1) is 18.6. The molecule has 2 aromatic carbocycles. The van der Waals surface area contributed by atoms with Gasteiger partial charge in [0.1, 0.15) is 11.6 Å². The van der Waals surface area contributed by atoms with Crippen molar-refractivity contribution in [1.29, 1.82) is 0 Å². The number of methoxy groups -OCH3 is 1. The fraction of sp³-hybridized carbons (Fsp3) is 0.182. The molecule has 3 aromatic rings. The number of hydrogen-bond donors (Lipinski definition) is 1. The summed E-state index contributed by atoms with van der Waals surface area (Å²) in [5.74, 6) is 0.179. The number of carbonyl (C=O) groups excluding carboxylic acids is 1. The van der Waals surface area contributed by atoms with E-state index < -0.39 is 0 Å². The minimum atomic E-state index is -0.388. The summed E-state index contributed by atoms with van der Waals surface area (Å²) >= 11 is 0. The number of rotatable bonds is 5. The summed E-state index contributed by atoms with van der Waals surface area (Å²) in [5, 5.41) is 3.00. The number of aromatic nitrogens is 1. The molecule has 1 aromatic heterocycles. The Kier molecular flexibility index (Phi) is 5.50. The minimum absolute atomic E-state index is 0.176. The van der Waals surface area contributed by atoms with Crippen molar-refractivity contribution in [2.24, 2.45) is 0 Å². The number of hydrogen-bond acceptors (Lipinski definition) is 3. The number of nitrogens with zero attached hydrogens (tertiary/aromatic N) is 1. The summed E-state index contributed by atoms with van der Waals surface area (Å²) in [5.41, 5.74) is 3.47. The quantitative estimate of drug-likeness (QED) is 0.714. The molecule has 0 aliphatic rings. The van der Waals surface area contributed by atoms with Gasteiger partial charge >= 0.3 is 0 Å². The maximum atomic E-state index is 13.9. The number of carbonyl (C=O) groups is 1. The second kappa shape index (κ2) is 7.99. The minimum Gasteiger partial charge on any atom is -0.497 e. The van der Waals surface area contributed by atoms with Gasteiger partial charge in [-0.1, -0.05) is 24.3 Å². The van der Waals surface area contributed by atoms with Crippen LogP contribution in [0.15, 0.2) is 60.9 Å². The van der Waals surface area contributed by atoms with Crippen molar-refractivity contribution in [2.75, 3.05) is 7.11 Å². The number of nitrogens with one attached hydrogen (secondary N) is 1. The van der Waals surface area contributed by atoms with Crippen LogP contribution in [-0.2, 0) is 0 Å². The Morgan fingerprint density at radius 2 is 2.00 bits per heavy atom. The summed E-state index contributed by atoms with van der Waals surface area (Å²) < 4.78 is 19.2. The van der Waals surface area contributed by atoms with E-state index in [2.05, 4.69) is 10.3 Å². The predicted octanol–water partition coefficient (Wildman–Crippen LogP) is 4.70. The van der Waals surface area contributed by atoms with Gasteiger partial charge in [0.05, 0.1) is 19.3 Å². The molecule has 0 aliphatic carbocycles. The second-order valence-corrected chi connectivity index (χ2v) is 6.36. The molecule has 1 heterocycles. The molecule has 3 rings (SSSR count). The smallest absolute Gasteiger partial charge is 0.252 e. The standard InChI is InChI=1S/C22H21FN2O2/c1-14-11-17(20-9-10-24-13-21(20)23)7-8-19(14)22(26)25-15(2)16-5-4-6-18(12-16)27-3/h4-13,15H,1-3H3,(H,25,26)/t15-/m1/s1. The molecule has 27 heavy (non-hydrogen) atoms. The van der Waals surface area contributed by atoms with Gasteiger partial charge in [0.15, 0.2) is 0 Å². The normalized spacial score (nSPS) is 11.7. The molecule has 0 radical (unpaired) electrons. The van der Waals surface area contributed by atoms with Gasteiger partial charge < -0.3 is 10.1 Å². The van der Waals surface area contributed by atoms with Crippen LogP contribution in [0, 0.1) is 12.7 Å². The molecule has 4 nitrogen and oxygen atoms in total. The second-order valence-electron chi connectivity index (χ2n) is 6.36. The van der Waals surface area contributed by atoms with Crippen molar-refractivity contribution in [3.05, 3.63) is 83.4 Å². The SMILES string of the molecule is COc1cccc([C@@H](C)NC(=O)c2ccc(-c3ccncc3F)cc2C)c1. The van der Waals surface area contributed by atoms with Gasteiger partial charge in [-0.2, -0.15) is 0 Å². The van der Waals surface area contributed by atoms with Crippen molar-refractivity contribution in [3.63, 3.8) is 0 Å². The fourth-order valence-electron chi connectivity index (χ4n) is 2.96. The molecule has 0 fully saturated rings. The molecule has 0 saturated heterocycles. The topological polar surface area (TPSA) is 51.2 Å². The zero-order chi connectivity index (χ0) is 19.4. The first-order valence-electron chi connectivity index (χ1n) is 8.65. The lowest BCUT2D eigenvalue weighted by atomic mass is 9.99. The van der Waals surface area contributed by atoms with Crippen molar-refractivity contribution in [3.8, 4) is 16.9 Å². The zero-order valence-electron chi connectivity index (χ0n) is 15.5. The van der Waals surface area contributed by atoms with Crippen LogP contribution in [-0.4, -0.2) is 18.0 Å². The summed E-state index contributed by atoms with van der Waals surface area (Å²) in [4.78, 5) is 16.5. The van der Waals surface area contributed by atoms with Gasteiger partial charge in [-0.3, -0.25) is 9.78 Å². The largest absolute Gasteiger partial charge is 0.497 e. The Hall–Kier alpha value is -3.21. The Morgan fingerprint density at radius 1 is 1.19 bits per heavy atom. The third-order valence-corrected chi connectivity index (χ3v) is 4.50. The third-order valence-electron chi connectivity index (χ3n) is 4.50. The maximum Gasteiger partial charge on any atom is 0.252 e. The molecule has 0 spiro atoms. The van der Waals surface area contributed by atoms with Gasteiger partial charge in [0.25, 0.3) is 5.91 Å². The van der Waals surface area contributed by atoms with Crippen LogP contribution in [0.4, 0.5) is 4.39 Å². The van der Waals surface area contributed by atoms with E-state index in [1.807, 2.05) is 44.2 Å². The highest BCUT2D eigenvalue weighted by atomic mass is 19.1. The fourth-order valence-corrected chi connectivity index (χ4v) is 2.96. The lowest BCUT2D eigenvalue weighted by molar-refractivity contribution is 0.0939. The highest BCUT2D eigenvalue weighted by molar-refractivity contribution is 5.96. The Morgan fingerprint density at radius 3 is 2.70 bits per heavy atom. The van der Waals surface area contributed by atoms with Crippen molar-refractivity contribution < 1.29 is 13.9 Å². The molecular weight excluding hydrogens is 343 g/mol. The molecule has 0 aliphatic heterocycles. The van der Waals surface area contributed by atoms with E-state index in [1.165, 1.54) is 6.20 Å². The number of amides is 1. The van der Waals surface area contributed by atoms with Crippen LogP contribution in [0.1, 0.15) is 34.5 Å². The van der Waals surface area contributed by atoms with Crippen LogP contribution >= 0.6 is 0 Å². The average molecular weight is 364 g/mol. The van der Waals surface area contributed by atoms with Crippen LogP contribution in [0.25, 0.3) is 11.1 Å². The molecule has 1 N–H and O–H groups in total. The number of benzene rings is 2. The van der Waals surface area contributed by atoms with Crippen LogP contribution in [0.5, 0.6) is 5.75 Å². The molecule has 0 saturated carbocycles. The average Bonchev–Trinajstić information content (AvgIpc) is 2.68. The van der Waals surface area contributed by atoms with Crippen LogP contribution in [0.3, 0.4) is 0 Å². The number of pyridine rings is 1. The Bertz CT molecular complexity index is 972. The Balaban J connectivity index is 1.80. The van der Waals surface area contributed by atoms with E-state index in [-0.39, 0.29) is 17.8 Å². The van der Waals surface area contributed by atoms with Gasteiger partial charge in [0.2, 0.25) is 0 Å². The molecular formula is C22H21FN2O2. The van der Waals surface area contributed by atoms with Gasteiger partial charge in [-0.25, -0.2) is 4.39 Å². The Labute approximate surface area is 158 Å². The number of ether oxygens (including phenoxy) is 1. The van der Waals surface area contributed by atoms with Crippen molar-refractivity contribution in [2.45, 2.75) is 19.9 Å². The summed E-state index contributed by atoms with van der Waals surface area (Å²) in [7, 11) is 1.61. The highest BCUT2D eigenvalue weighted by Gasteiger charge is 2.15. The molecule has 1 atom stereocenters. The predicted molar refractivity (Wildman–Crippen MR) is 103 cm³/mol.